The summed E-state index contributed by atoms with van der Waals surface area (Å²) in [7, 11) is 3.11. The fourth-order valence-electron chi connectivity index (χ4n) is 1.83. The van der Waals surface area contributed by atoms with Crippen molar-refractivity contribution in [1.82, 2.24) is 14.8 Å². The Hall–Kier alpha value is -2.47. The molecule has 0 saturated heterocycles. The van der Waals surface area contributed by atoms with Crippen molar-refractivity contribution in [1.29, 1.82) is 0 Å². The van der Waals surface area contributed by atoms with E-state index in [1.165, 1.54) is 24.4 Å². The fraction of sp³-hybridized carbons (Fsp3) is 0.312. The molecule has 6 nitrogen and oxygen atoms in total. The van der Waals surface area contributed by atoms with Gasteiger partial charge in [-0.05, 0) is 37.6 Å². The van der Waals surface area contributed by atoms with Gasteiger partial charge in [-0.15, -0.1) is 0 Å². The summed E-state index contributed by atoms with van der Waals surface area (Å²) in [6.07, 6.45) is 4.62. The van der Waals surface area contributed by atoms with Gasteiger partial charge in [-0.25, -0.2) is 9.67 Å². The molecule has 2 aromatic rings. The van der Waals surface area contributed by atoms with Crippen LogP contribution >= 0.6 is 0 Å². The monoisotopic (exact) mass is 301 g/mol. The Morgan fingerprint density at radius 2 is 1.91 bits per heavy atom. The summed E-state index contributed by atoms with van der Waals surface area (Å²) in [5.41, 5.74) is 0.283. The molecule has 1 aromatic heterocycles. The predicted octanol–water partition coefficient (Wildman–Crippen LogP) is 2.28. The van der Waals surface area contributed by atoms with Gasteiger partial charge < -0.3 is 9.47 Å². The van der Waals surface area contributed by atoms with Crippen LogP contribution < -0.4 is 4.74 Å². The van der Waals surface area contributed by atoms with Crippen LogP contribution in [0.2, 0.25) is 0 Å². The molecule has 0 bridgehead atoms. The minimum absolute atomic E-state index is 0.184. The van der Waals surface area contributed by atoms with Crippen LogP contribution in [0.1, 0.15) is 19.4 Å². The van der Waals surface area contributed by atoms with E-state index in [4.69, 9.17) is 9.47 Å². The molecule has 0 aliphatic carbocycles. The number of carbonyl (C=O) groups is 1. The van der Waals surface area contributed by atoms with Crippen LogP contribution in [0.5, 0.6) is 5.75 Å². The molecule has 0 atom stereocenters. The Labute approximate surface area is 129 Å². The predicted molar refractivity (Wildman–Crippen MR) is 83.3 cm³/mol. The van der Waals surface area contributed by atoms with Crippen molar-refractivity contribution in [2.45, 2.75) is 19.4 Å². The minimum Gasteiger partial charge on any atom is -0.497 e. The first-order valence-corrected chi connectivity index (χ1v) is 6.78. The minimum atomic E-state index is -0.954. The first-order chi connectivity index (χ1) is 10.5. The average molecular weight is 301 g/mol. The molecule has 0 radical (unpaired) electrons. The van der Waals surface area contributed by atoms with E-state index in [2.05, 4.69) is 10.1 Å². The zero-order valence-electron chi connectivity index (χ0n) is 13.1. The molecule has 0 fully saturated rings. The van der Waals surface area contributed by atoms with Crippen molar-refractivity contribution in [2.75, 3.05) is 14.2 Å². The molecule has 6 heteroatoms. The lowest BCUT2D eigenvalue weighted by Crippen LogP contribution is -2.35. The van der Waals surface area contributed by atoms with Crippen molar-refractivity contribution in [3.05, 3.63) is 42.5 Å². The summed E-state index contributed by atoms with van der Waals surface area (Å²) in [5.74, 6) is 0.569. The molecule has 0 N–H and O–H groups in total. The molecule has 0 spiro atoms. The van der Waals surface area contributed by atoms with Gasteiger partial charge in [0.15, 0.2) is 0 Å². The number of rotatable bonds is 6. The van der Waals surface area contributed by atoms with Crippen LogP contribution in [0.15, 0.2) is 36.9 Å². The van der Waals surface area contributed by atoms with Crippen LogP contribution in [-0.4, -0.2) is 40.4 Å². The Kier molecular flexibility index (Phi) is 4.72. The molecule has 0 amide bonds. The van der Waals surface area contributed by atoms with Crippen molar-refractivity contribution in [2.24, 2.45) is 0 Å². The first kappa shape index (κ1) is 15.9. The highest BCUT2D eigenvalue weighted by atomic mass is 16.5. The number of benzene rings is 1. The molecule has 1 aromatic carbocycles. The van der Waals surface area contributed by atoms with Gasteiger partial charge in [0.2, 0.25) is 5.78 Å². The van der Waals surface area contributed by atoms with Crippen molar-refractivity contribution >= 4 is 17.6 Å². The maximum atomic E-state index is 12.7. The SMILES string of the molecule is COc1ccc(/C=C(/C(=O)C(C)(C)OC)n2cncn2)cc1. The number of ether oxygens (including phenoxy) is 2. The highest BCUT2D eigenvalue weighted by molar-refractivity contribution is 6.23. The van der Waals surface area contributed by atoms with E-state index in [9.17, 15) is 4.79 Å². The number of carbonyl (C=O) groups excluding carboxylic acids is 1. The van der Waals surface area contributed by atoms with E-state index < -0.39 is 5.60 Å². The molecule has 2 rings (SSSR count). The van der Waals surface area contributed by atoms with Gasteiger partial charge in [-0.1, -0.05) is 12.1 Å². The highest BCUT2D eigenvalue weighted by Crippen LogP contribution is 2.21. The van der Waals surface area contributed by atoms with Crippen LogP contribution in [0, 0.1) is 0 Å². The largest absolute Gasteiger partial charge is 0.497 e. The molecule has 0 saturated carbocycles. The smallest absolute Gasteiger partial charge is 0.212 e. The number of aromatic nitrogens is 3. The molecular weight excluding hydrogens is 282 g/mol. The summed E-state index contributed by atoms with van der Waals surface area (Å²) in [5, 5.41) is 4.05. The molecule has 22 heavy (non-hydrogen) atoms. The second-order valence-electron chi connectivity index (χ2n) is 5.19. The number of hydrogen-bond donors (Lipinski definition) is 0. The standard InChI is InChI=1S/C16H19N3O3/c1-16(2,22-4)15(20)14(19-11-17-10-18-19)9-12-5-7-13(21-3)8-6-12/h5-11H,1-4H3/b14-9-. The van der Waals surface area contributed by atoms with Gasteiger partial charge >= 0.3 is 0 Å². The third kappa shape index (κ3) is 3.40. The Balaban J connectivity index is 2.44. The zero-order valence-corrected chi connectivity index (χ0v) is 13.1. The summed E-state index contributed by atoms with van der Waals surface area (Å²) in [6, 6.07) is 7.39. The van der Waals surface area contributed by atoms with Crippen molar-refractivity contribution in [3.63, 3.8) is 0 Å². The number of methoxy groups -OCH3 is 2. The number of nitrogens with zero attached hydrogens (tertiary/aromatic N) is 3. The van der Waals surface area contributed by atoms with E-state index in [0.717, 1.165) is 11.3 Å². The maximum Gasteiger partial charge on any atom is 0.212 e. The quantitative estimate of drug-likeness (QED) is 0.766. The van der Waals surface area contributed by atoms with Crippen LogP contribution in [0.4, 0.5) is 0 Å². The van der Waals surface area contributed by atoms with Gasteiger partial charge in [-0.3, -0.25) is 4.79 Å². The van der Waals surface area contributed by atoms with E-state index >= 15 is 0 Å². The molecule has 0 unspecified atom stereocenters. The average Bonchev–Trinajstić information content (AvgIpc) is 3.06. The Bertz CT molecular complexity index is 658. The normalized spacial score (nSPS) is 12.3. The van der Waals surface area contributed by atoms with Gasteiger partial charge in [0.1, 0.15) is 29.7 Å². The second-order valence-corrected chi connectivity index (χ2v) is 5.19. The molecule has 116 valence electrons. The zero-order chi connectivity index (χ0) is 16.2. The fourth-order valence-corrected chi connectivity index (χ4v) is 1.83. The third-order valence-corrected chi connectivity index (χ3v) is 3.37. The summed E-state index contributed by atoms with van der Waals surface area (Å²) < 4.78 is 11.8. The summed E-state index contributed by atoms with van der Waals surface area (Å²) >= 11 is 0. The molecule has 1 heterocycles. The molecule has 0 aliphatic rings. The second kappa shape index (κ2) is 6.53. The van der Waals surface area contributed by atoms with E-state index in [1.807, 2.05) is 24.3 Å². The van der Waals surface area contributed by atoms with Crippen molar-refractivity contribution in [3.8, 4) is 5.75 Å². The van der Waals surface area contributed by atoms with E-state index in [-0.39, 0.29) is 5.78 Å². The maximum absolute atomic E-state index is 12.7. The summed E-state index contributed by atoms with van der Waals surface area (Å²) in [4.78, 5) is 16.6. The number of hydrogen-bond acceptors (Lipinski definition) is 5. The van der Waals surface area contributed by atoms with Crippen LogP contribution in [0.3, 0.4) is 0 Å². The topological polar surface area (TPSA) is 66.2 Å². The van der Waals surface area contributed by atoms with E-state index in [1.54, 1.807) is 27.0 Å². The van der Waals surface area contributed by atoms with Crippen LogP contribution in [0.25, 0.3) is 11.8 Å². The van der Waals surface area contributed by atoms with Gasteiger partial charge in [-0.2, -0.15) is 5.10 Å². The third-order valence-electron chi connectivity index (χ3n) is 3.37. The summed E-state index contributed by atoms with van der Waals surface area (Å²) in [6.45, 7) is 3.43. The number of Topliss-reactive ketones (excluding diaryl/α,β-unsaturated/α-hetero) is 1. The Morgan fingerprint density at radius 1 is 1.23 bits per heavy atom. The lowest BCUT2D eigenvalue weighted by Gasteiger charge is -2.22. The first-order valence-electron chi connectivity index (χ1n) is 6.78. The highest BCUT2D eigenvalue weighted by Gasteiger charge is 2.31. The number of ketones is 1. The lowest BCUT2D eigenvalue weighted by atomic mass is 9.99. The molecular formula is C16H19N3O3. The van der Waals surface area contributed by atoms with Gasteiger partial charge in [0.05, 0.1) is 7.11 Å². The van der Waals surface area contributed by atoms with E-state index in [0.29, 0.717) is 5.70 Å². The Morgan fingerprint density at radius 3 is 2.41 bits per heavy atom. The molecule has 0 aliphatic heterocycles. The van der Waals surface area contributed by atoms with Gasteiger partial charge in [0.25, 0.3) is 0 Å². The van der Waals surface area contributed by atoms with Gasteiger partial charge in [0, 0.05) is 7.11 Å². The van der Waals surface area contributed by atoms with Crippen LogP contribution in [-0.2, 0) is 9.53 Å². The van der Waals surface area contributed by atoms with Crippen molar-refractivity contribution < 1.29 is 14.3 Å². The lowest BCUT2D eigenvalue weighted by molar-refractivity contribution is -0.131.